The number of nitrogens with zero attached hydrogens (tertiary/aromatic N) is 9. The number of β-amino-alcohol motifs (C(OH)–C–C–N with tert-alkyl or cyclic N) is 1. The molecule has 2 amide bonds. The number of piperazine rings is 1. The highest BCUT2D eigenvalue weighted by atomic mass is 32.1. The van der Waals surface area contributed by atoms with Crippen LogP contribution in [0.25, 0.3) is 27.5 Å². The van der Waals surface area contributed by atoms with Crippen molar-refractivity contribution in [3.63, 3.8) is 0 Å². The molecule has 0 bridgehead atoms. The number of carbonyl (C=O) groups is 4. The zero-order chi connectivity index (χ0) is 49.8. The molecule has 3 aliphatic heterocycles. The molecular formula is C55H64FN9O5S. The number of aliphatic hydroxyl groups is 1. The normalized spacial score (nSPS) is 18.9. The Morgan fingerprint density at radius 3 is 2.39 bits per heavy atom. The van der Waals surface area contributed by atoms with Gasteiger partial charge in [0.25, 0.3) is 0 Å². The number of pyridine rings is 1. The minimum atomic E-state index is -0.804. The monoisotopic (exact) mass is 981 g/mol. The van der Waals surface area contributed by atoms with E-state index in [9.17, 15) is 28.7 Å². The molecule has 4 aromatic heterocycles. The van der Waals surface area contributed by atoms with Gasteiger partial charge in [-0.3, -0.25) is 19.2 Å². The maximum atomic E-state index is 14.2. The third kappa shape index (κ3) is 11.4. The largest absolute Gasteiger partial charge is 0.391 e. The molecule has 0 saturated carbocycles. The predicted molar refractivity (Wildman–Crippen MR) is 274 cm³/mol. The molecule has 3 aliphatic rings. The van der Waals surface area contributed by atoms with Crippen LogP contribution in [0.5, 0.6) is 0 Å². The van der Waals surface area contributed by atoms with Gasteiger partial charge in [-0.15, -0.1) is 16.4 Å². The van der Waals surface area contributed by atoms with Crippen molar-refractivity contribution in [2.45, 2.75) is 110 Å². The number of fused-ring (bicyclic) bond motifs is 1. The van der Waals surface area contributed by atoms with E-state index in [2.05, 4.69) is 19.8 Å². The van der Waals surface area contributed by atoms with Crippen molar-refractivity contribution in [3.05, 3.63) is 113 Å². The van der Waals surface area contributed by atoms with Gasteiger partial charge in [-0.1, -0.05) is 63.2 Å². The minimum Gasteiger partial charge on any atom is -0.391 e. The number of rotatable bonds is 17. The van der Waals surface area contributed by atoms with Crippen LogP contribution >= 0.6 is 11.3 Å². The van der Waals surface area contributed by atoms with Crippen LogP contribution in [0.4, 0.5) is 16.0 Å². The number of carbonyl (C=O) groups excluding carboxylic acids is 4. The van der Waals surface area contributed by atoms with Crippen LogP contribution in [0.3, 0.4) is 0 Å². The molecule has 0 aliphatic carbocycles. The molecule has 0 radical (unpaired) electrons. The van der Waals surface area contributed by atoms with Crippen LogP contribution < -0.4 is 9.80 Å². The quantitative estimate of drug-likeness (QED) is 0.0873. The van der Waals surface area contributed by atoms with E-state index in [-0.39, 0.29) is 67.5 Å². The van der Waals surface area contributed by atoms with Crippen LogP contribution in [-0.4, -0.2) is 114 Å². The van der Waals surface area contributed by atoms with Crippen LogP contribution in [0.15, 0.2) is 90.6 Å². The third-order valence-corrected chi connectivity index (χ3v) is 15.5. The van der Waals surface area contributed by atoms with E-state index < -0.39 is 23.5 Å². The maximum Gasteiger partial charge on any atom is 0.227 e. The number of Topliss-reactive ketones (excluding diaryl/α,β-unsaturated/α-hetero) is 2. The van der Waals surface area contributed by atoms with Crippen molar-refractivity contribution < 1.29 is 28.7 Å². The molecule has 3 saturated heterocycles. The summed E-state index contributed by atoms with van der Waals surface area (Å²) in [5.74, 6) is 0.360. The van der Waals surface area contributed by atoms with E-state index in [1.54, 1.807) is 29.7 Å². The number of aliphatic hydroxyl groups excluding tert-OH is 1. The molecule has 372 valence electrons. The van der Waals surface area contributed by atoms with Gasteiger partial charge in [0.1, 0.15) is 28.9 Å². The average Bonchev–Trinajstić information content (AvgIpc) is 4.20. The van der Waals surface area contributed by atoms with Gasteiger partial charge in [0, 0.05) is 77.3 Å². The molecular weight excluding hydrogens is 918 g/mol. The second-order valence-electron chi connectivity index (χ2n) is 20.5. The van der Waals surface area contributed by atoms with E-state index in [1.807, 2.05) is 103 Å². The zero-order valence-electron chi connectivity index (χ0n) is 41.2. The van der Waals surface area contributed by atoms with Gasteiger partial charge in [0.2, 0.25) is 11.8 Å². The fourth-order valence-corrected chi connectivity index (χ4v) is 11.3. The van der Waals surface area contributed by atoms with Gasteiger partial charge in [-0.05, 0) is 97.5 Å². The van der Waals surface area contributed by atoms with Crippen LogP contribution in [0, 0.1) is 24.1 Å². The highest BCUT2D eigenvalue weighted by molar-refractivity contribution is 7.13. The third-order valence-electron chi connectivity index (χ3n) is 14.5. The molecule has 0 spiro atoms. The number of likely N-dealkylation sites (tertiary alicyclic amines) is 1. The number of anilines is 2. The number of amides is 2. The molecule has 4 atom stereocenters. The van der Waals surface area contributed by atoms with Gasteiger partial charge in [-0.2, -0.15) is 0 Å². The number of halogens is 1. The van der Waals surface area contributed by atoms with Crippen LogP contribution in [0.1, 0.15) is 101 Å². The minimum absolute atomic E-state index is 0.0348. The Bertz CT molecular complexity index is 2870. The molecule has 3 fully saturated rings. The number of ketones is 2. The standard InChI is InChI=1S/C55H64FN9O5S/c1-36-53(71-35-58-36)38-20-17-37(18-21-38)19-22-48(68)46-32-42(67)34-64(46)54(70)43(55(2,3)4)31-41(66)12-5-6-16-52(69)62-28-26-61(27-29-62)50-15-8-13-44(59-50)47-33-57-49-23-24-51(60-65(47)49)63-25-9-14-45(63)39-10-7-11-40(56)30-39/h7-8,10-11,13,15,17-18,20-21,23-24,30,33,35,42-43,45-46,67H,5-6,9,12,14,16,19,22,25-29,31-32,34H2,1-4H3/t42-,43-,45-,46+/m1/s1. The summed E-state index contributed by atoms with van der Waals surface area (Å²) in [6, 6.07) is 24.1. The molecule has 16 heteroatoms. The van der Waals surface area contributed by atoms with Gasteiger partial charge < -0.3 is 24.7 Å². The Morgan fingerprint density at radius 2 is 1.65 bits per heavy atom. The Hall–Kier alpha value is -6.39. The number of benzene rings is 2. The molecule has 1 N–H and O–H groups in total. The van der Waals surface area contributed by atoms with Crippen molar-refractivity contribution in [2.24, 2.45) is 11.3 Å². The first-order valence-electron chi connectivity index (χ1n) is 25.1. The van der Waals surface area contributed by atoms with Gasteiger partial charge >= 0.3 is 0 Å². The molecule has 2 aromatic carbocycles. The Labute approximate surface area is 418 Å². The molecule has 0 unspecified atom stereocenters. The Balaban J connectivity index is 0.734. The summed E-state index contributed by atoms with van der Waals surface area (Å²) in [5.41, 5.74) is 7.50. The summed E-state index contributed by atoms with van der Waals surface area (Å²) < 4.78 is 16.0. The van der Waals surface area contributed by atoms with Gasteiger partial charge in [0.05, 0.1) is 46.2 Å². The summed E-state index contributed by atoms with van der Waals surface area (Å²) in [4.78, 5) is 77.6. The lowest BCUT2D eigenvalue weighted by atomic mass is 9.76. The SMILES string of the molecule is Cc1ncsc1-c1ccc(CCC(=O)[C@@H]2C[C@@H](O)CN2C(=O)[C@@H](CC(=O)CCCCC(=O)N2CCN(c3cccc(-c4cnc5ccc(N6CCC[C@@H]6c6cccc(F)c6)nn45)n3)CC2)C(C)(C)C)cc1. The van der Waals surface area contributed by atoms with E-state index >= 15 is 0 Å². The summed E-state index contributed by atoms with van der Waals surface area (Å²) in [7, 11) is 0. The topological polar surface area (TPSA) is 157 Å². The Morgan fingerprint density at radius 1 is 0.873 bits per heavy atom. The lowest BCUT2D eigenvalue weighted by molar-refractivity contribution is -0.145. The van der Waals surface area contributed by atoms with E-state index in [4.69, 9.17) is 10.1 Å². The number of aryl methyl sites for hydroxylation is 2. The maximum absolute atomic E-state index is 14.2. The van der Waals surface area contributed by atoms with Gasteiger partial charge in [0.15, 0.2) is 11.4 Å². The number of hydrogen-bond donors (Lipinski definition) is 1. The second-order valence-corrected chi connectivity index (χ2v) is 21.3. The van der Waals surface area contributed by atoms with Crippen molar-refractivity contribution in [3.8, 4) is 21.8 Å². The van der Waals surface area contributed by atoms with Crippen molar-refractivity contribution in [1.82, 2.24) is 34.4 Å². The number of hydrogen-bond acceptors (Lipinski definition) is 12. The van der Waals surface area contributed by atoms with Gasteiger partial charge in [-0.25, -0.2) is 23.9 Å². The van der Waals surface area contributed by atoms with E-state index in [0.717, 1.165) is 69.7 Å². The number of aromatic nitrogens is 5. The van der Waals surface area contributed by atoms with Crippen molar-refractivity contribution in [1.29, 1.82) is 0 Å². The summed E-state index contributed by atoms with van der Waals surface area (Å²) in [5, 5.41) is 15.7. The molecule has 14 nitrogen and oxygen atoms in total. The van der Waals surface area contributed by atoms with E-state index in [1.165, 1.54) is 11.0 Å². The number of thiazole rings is 1. The number of imidazole rings is 1. The first kappa shape index (κ1) is 49.6. The zero-order valence-corrected chi connectivity index (χ0v) is 42.0. The highest BCUT2D eigenvalue weighted by Gasteiger charge is 2.44. The average molecular weight is 982 g/mol. The Kier molecular flexibility index (Phi) is 15.0. The fraction of sp³-hybridized carbons (Fsp3) is 0.455. The summed E-state index contributed by atoms with van der Waals surface area (Å²) in [6.07, 6.45) is 5.56. The second kappa shape index (κ2) is 21.5. The molecule has 6 aromatic rings. The first-order chi connectivity index (χ1) is 34.2. The van der Waals surface area contributed by atoms with Crippen molar-refractivity contribution >= 4 is 52.0 Å². The lowest BCUT2D eigenvalue weighted by Gasteiger charge is -2.35. The van der Waals surface area contributed by atoms with E-state index in [0.29, 0.717) is 57.5 Å². The lowest BCUT2D eigenvalue weighted by Crippen LogP contribution is -2.49. The van der Waals surface area contributed by atoms with Crippen molar-refractivity contribution in [2.75, 3.05) is 49.1 Å². The molecule has 9 rings (SSSR count). The van der Waals surface area contributed by atoms with Crippen LogP contribution in [-0.2, 0) is 25.6 Å². The summed E-state index contributed by atoms with van der Waals surface area (Å²) in [6.45, 7) is 11.0. The molecule has 71 heavy (non-hydrogen) atoms. The molecule has 7 heterocycles. The predicted octanol–water partition coefficient (Wildman–Crippen LogP) is 8.70. The fourth-order valence-electron chi connectivity index (χ4n) is 10.5. The summed E-state index contributed by atoms with van der Waals surface area (Å²) >= 11 is 1.59. The smallest absolute Gasteiger partial charge is 0.227 e. The van der Waals surface area contributed by atoms with Crippen LogP contribution in [0.2, 0.25) is 0 Å². The highest BCUT2D eigenvalue weighted by Crippen LogP contribution is 2.37. The number of unbranched alkanes of at least 4 members (excludes halogenated alkanes) is 1. The first-order valence-corrected chi connectivity index (χ1v) is 26.0.